The largest absolute Gasteiger partial charge is 0.385 e. The topological polar surface area (TPSA) is 52.1 Å². The van der Waals surface area contributed by atoms with E-state index in [1.807, 2.05) is 19.2 Å². The van der Waals surface area contributed by atoms with Crippen LogP contribution in [0, 0.1) is 5.41 Å². The van der Waals surface area contributed by atoms with Gasteiger partial charge in [-0.25, -0.2) is 0 Å². The molecule has 1 aromatic rings. The molecule has 1 aromatic carbocycles. The summed E-state index contributed by atoms with van der Waals surface area (Å²) in [7, 11) is 5.80. The molecule has 2 N–H and O–H groups in total. The normalized spacial score (nSPS) is 19.9. The van der Waals surface area contributed by atoms with E-state index in [9.17, 15) is 0 Å². The SMILES string of the molecule is CN=C(NCc1c(Cl)cccc1N1CCN(C)CC1)NCC1(CCOC)CCCC1. The van der Waals surface area contributed by atoms with E-state index in [0.717, 1.165) is 62.3 Å². The summed E-state index contributed by atoms with van der Waals surface area (Å²) in [5.74, 6) is 0.836. The van der Waals surface area contributed by atoms with Crippen molar-refractivity contribution in [2.45, 2.75) is 38.6 Å². The van der Waals surface area contributed by atoms with Gasteiger partial charge in [-0.05, 0) is 43.9 Å². The number of halogens is 1. The molecular formula is C23H38ClN5O. The van der Waals surface area contributed by atoms with Crippen molar-refractivity contribution in [3.63, 3.8) is 0 Å². The average Bonchev–Trinajstić information content (AvgIpc) is 3.23. The van der Waals surface area contributed by atoms with Crippen LogP contribution in [-0.2, 0) is 11.3 Å². The predicted molar refractivity (Wildman–Crippen MR) is 127 cm³/mol. The van der Waals surface area contributed by atoms with Gasteiger partial charge in [0.25, 0.3) is 0 Å². The summed E-state index contributed by atoms with van der Waals surface area (Å²) in [5.41, 5.74) is 2.69. The number of guanidine groups is 1. The summed E-state index contributed by atoms with van der Waals surface area (Å²) >= 11 is 6.61. The zero-order valence-electron chi connectivity index (χ0n) is 18.8. The summed E-state index contributed by atoms with van der Waals surface area (Å²) < 4.78 is 5.36. The molecule has 0 radical (unpaired) electrons. The Morgan fingerprint density at radius 1 is 1.17 bits per heavy atom. The minimum Gasteiger partial charge on any atom is -0.385 e. The van der Waals surface area contributed by atoms with Gasteiger partial charge in [0.2, 0.25) is 0 Å². The van der Waals surface area contributed by atoms with Gasteiger partial charge in [0.05, 0.1) is 0 Å². The zero-order chi connectivity index (χ0) is 21.4. The minimum absolute atomic E-state index is 0.322. The quantitative estimate of drug-likeness (QED) is 0.484. The third-order valence-corrected chi connectivity index (χ3v) is 7.08. The van der Waals surface area contributed by atoms with Crippen LogP contribution in [-0.4, -0.2) is 71.4 Å². The van der Waals surface area contributed by atoms with Crippen LogP contribution in [0.1, 0.15) is 37.7 Å². The first kappa shape index (κ1) is 23.2. The van der Waals surface area contributed by atoms with E-state index in [-0.39, 0.29) is 0 Å². The molecule has 1 aliphatic heterocycles. The summed E-state index contributed by atoms with van der Waals surface area (Å²) in [6.07, 6.45) is 6.25. The van der Waals surface area contributed by atoms with Crippen LogP contribution in [0.2, 0.25) is 5.02 Å². The molecular weight excluding hydrogens is 398 g/mol. The van der Waals surface area contributed by atoms with E-state index in [1.54, 1.807) is 7.11 Å². The lowest BCUT2D eigenvalue weighted by atomic mass is 9.83. The zero-order valence-corrected chi connectivity index (χ0v) is 19.6. The van der Waals surface area contributed by atoms with Gasteiger partial charge in [-0.3, -0.25) is 4.99 Å². The predicted octanol–water partition coefficient (Wildman–Crippen LogP) is 3.35. The molecule has 6 nitrogen and oxygen atoms in total. The lowest BCUT2D eigenvalue weighted by Crippen LogP contribution is -2.45. The van der Waals surface area contributed by atoms with Gasteiger partial charge in [-0.15, -0.1) is 0 Å². The molecule has 0 bridgehead atoms. The first-order chi connectivity index (χ1) is 14.6. The van der Waals surface area contributed by atoms with E-state index in [4.69, 9.17) is 16.3 Å². The second kappa shape index (κ2) is 11.2. The lowest BCUT2D eigenvalue weighted by Gasteiger charge is -2.35. The number of nitrogens with one attached hydrogen (secondary N) is 2. The molecule has 3 rings (SSSR count). The highest BCUT2D eigenvalue weighted by molar-refractivity contribution is 6.31. The Hall–Kier alpha value is -1.50. The smallest absolute Gasteiger partial charge is 0.191 e. The Morgan fingerprint density at radius 3 is 2.57 bits per heavy atom. The monoisotopic (exact) mass is 435 g/mol. The minimum atomic E-state index is 0.322. The molecule has 2 aliphatic rings. The molecule has 1 aliphatic carbocycles. The highest BCUT2D eigenvalue weighted by atomic mass is 35.5. The summed E-state index contributed by atoms with van der Waals surface area (Å²) in [4.78, 5) is 9.27. The summed E-state index contributed by atoms with van der Waals surface area (Å²) in [6, 6.07) is 6.21. The van der Waals surface area contributed by atoms with E-state index < -0.39 is 0 Å². The van der Waals surface area contributed by atoms with Gasteiger partial charge < -0.3 is 25.2 Å². The van der Waals surface area contributed by atoms with Crippen LogP contribution in [0.4, 0.5) is 5.69 Å². The van der Waals surface area contributed by atoms with Crippen molar-refractivity contribution in [1.82, 2.24) is 15.5 Å². The third-order valence-electron chi connectivity index (χ3n) is 6.73. The highest BCUT2D eigenvalue weighted by Gasteiger charge is 2.33. The maximum atomic E-state index is 6.61. The molecule has 0 unspecified atom stereocenters. The van der Waals surface area contributed by atoms with E-state index in [2.05, 4.69) is 38.5 Å². The van der Waals surface area contributed by atoms with E-state index >= 15 is 0 Å². The fourth-order valence-corrected chi connectivity index (χ4v) is 4.92. The van der Waals surface area contributed by atoms with Gasteiger partial charge in [-0.2, -0.15) is 0 Å². The fourth-order valence-electron chi connectivity index (χ4n) is 4.69. The Morgan fingerprint density at radius 2 is 1.90 bits per heavy atom. The molecule has 0 atom stereocenters. The maximum absolute atomic E-state index is 6.61. The second-order valence-electron chi connectivity index (χ2n) is 8.76. The molecule has 2 fully saturated rings. The molecule has 168 valence electrons. The molecule has 30 heavy (non-hydrogen) atoms. The molecule has 0 spiro atoms. The van der Waals surface area contributed by atoms with E-state index in [0.29, 0.717) is 12.0 Å². The highest BCUT2D eigenvalue weighted by Crippen LogP contribution is 2.40. The van der Waals surface area contributed by atoms with Crippen molar-refractivity contribution in [2.24, 2.45) is 10.4 Å². The second-order valence-corrected chi connectivity index (χ2v) is 9.16. The van der Waals surface area contributed by atoms with Crippen LogP contribution in [0.25, 0.3) is 0 Å². The number of likely N-dealkylation sites (N-methyl/N-ethyl adjacent to an activating group) is 1. The summed E-state index contributed by atoms with van der Waals surface area (Å²) in [6.45, 7) is 6.62. The van der Waals surface area contributed by atoms with Crippen LogP contribution >= 0.6 is 11.6 Å². The molecule has 1 saturated carbocycles. The summed E-state index contributed by atoms with van der Waals surface area (Å²) in [5, 5.41) is 7.88. The molecule has 0 aromatic heterocycles. The van der Waals surface area contributed by atoms with Crippen molar-refractivity contribution in [3.8, 4) is 0 Å². The van der Waals surface area contributed by atoms with Crippen molar-refractivity contribution in [3.05, 3.63) is 28.8 Å². The number of hydrogen-bond donors (Lipinski definition) is 2. The Bertz CT molecular complexity index is 697. The van der Waals surface area contributed by atoms with Crippen molar-refractivity contribution < 1.29 is 4.74 Å². The molecule has 1 heterocycles. The number of aliphatic imine (C=N–C) groups is 1. The third kappa shape index (κ3) is 6.02. The number of hydrogen-bond acceptors (Lipinski definition) is 4. The van der Waals surface area contributed by atoms with Crippen LogP contribution < -0.4 is 15.5 Å². The number of rotatable bonds is 8. The van der Waals surface area contributed by atoms with Gasteiger partial charge in [-0.1, -0.05) is 30.5 Å². The van der Waals surface area contributed by atoms with Crippen LogP contribution in [0.15, 0.2) is 23.2 Å². The number of nitrogens with zero attached hydrogens (tertiary/aromatic N) is 3. The number of methoxy groups -OCH3 is 1. The number of ether oxygens (including phenoxy) is 1. The molecule has 0 amide bonds. The van der Waals surface area contributed by atoms with Crippen molar-refractivity contribution >= 4 is 23.2 Å². The fraction of sp³-hybridized carbons (Fsp3) is 0.696. The van der Waals surface area contributed by atoms with Gasteiger partial charge >= 0.3 is 0 Å². The molecule has 1 saturated heterocycles. The molecule has 7 heteroatoms. The number of benzene rings is 1. The first-order valence-electron chi connectivity index (χ1n) is 11.2. The van der Waals surface area contributed by atoms with Crippen molar-refractivity contribution in [2.75, 3.05) is 65.4 Å². The average molecular weight is 436 g/mol. The standard InChI is InChI=1S/C23H38ClN5O/c1-25-22(27-18-23(11-16-30-3)9-4-5-10-23)26-17-19-20(24)7-6-8-21(19)29-14-12-28(2)13-15-29/h6-8H,4-5,9-18H2,1-3H3,(H2,25,26,27). The van der Waals surface area contributed by atoms with Crippen molar-refractivity contribution in [1.29, 1.82) is 0 Å². The number of anilines is 1. The Labute approximate surface area is 187 Å². The van der Waals surface area contributed by atoms with Crippen LogP contribution in [0.3, 0.4) is 0 Å². The first-order valence-corrected chi connectivity index (χ1v) is 11.6. The van der Waals surface area contributed by atoms with Crippen LogP contribution in [0.5, 0.6) is 0 Å². The van der Waals surface area contributed by atoms with E-state index in [1.165, 1.54) is 31.4 Å². The Balaban J connectivity index is 1.61. The van der Waals surface area contributed by atoms with Gasteiger partial charge in [0.15, 0.2) is 5.96 Å². The Kier molecular flexibility index (Phi) is 8.66. The van der Waals surface area contributed by atoms with Gasteiger partial charge in [0.1, 0.15) is 0 Å². The lowest BCUT2D eigenvalue weighted by molar-refractivity contribution is 0.138. The van der Waals surface area contributed by atoms with Gasteiger partial charge in [0, 0.05) is 76.3 Å². The maximum Gasteiger partial charge on any atom is 0.191 e. The number of piperazine rings is 1.